The molecule has 0 saturated carbocycles. The lowest BCUT2D eigenvalue weighted by atomic mass is 9.87. The van der Waals surface area contributed by atoms with E-state index >= 15 is 0 Å². The van der Waals surface area contributed by atoms with Gasteiger partial charge >= 0.3 is 0 Å². The van der Waals surface area contributed by atoms with Crippen LogP contribution in [0.2, 0.25) is 5.02 Å². The Morgan fingerprint density at radius 1 is 1.14 bits per heavy atom. The number of hydrogen-bond acceptors (Lipinski definition) is 2. The van der Waals surface area contributed by atoms with Gasteiger partial charge in [0.15, 0.2) is 30.2 Å². The van der Waals surface area contributed by atoms with Crippen LogP contribution in [0.15, 0.2) is 73.3 Å². The monoisotopic (exact) mass is 388 g/mol. The highest BCUT2D eigenvalue weighted by Gasteiger charge is 2.30. The summed E-state index contributed by atoms with van der Waals surface area (Å²) in [6.45, 7) is 0.790. The summed E-state index contributed by atoms with van der Waals surface area (Å²) < 4.78 is 4.13. The Labute approximate surface area is 168 Å². The molecule has 0 radical (unpaired) electrons. The maximum Gasteiger partial charge on any atom is 0.197 e. The van der Waals surface area contributed by atoms with Crippen LogP contribution in [0.3, 0.4) is 0 Å². The molecule has 2 heterocycles. The van der Waals surface area contributed by atoms with Crippen LogP contribution in [-0.4, -0.2) is 15.3 Å². The Bertz CT molecular complexity index is 1180. The number of carbonyl (C=O) groups excluding carboxylic acids is 1. The molecule has 4 nitrogen and oxygen atoms in total. The molecule has 0 fully saturated rings. The maximum atomic E-state index is 13.1. The Morgan fingerprint density at radius 3 is 2.86 bits per heavy atom. The molecule has 1 atom stereocenters. The molecule has 0 amide bonds. The van der Waals surface area contributed by atoms with Crippen LogP contribution in [0.1, 0.15) is 33.9 Å². The van der Waals surface area contributed by atoms with E-state index in [1.165, 1.54) is 5.56 Å². The van der Waals surface area contributed by atoms with Crippen LogP contribution in [0.4, 0.5) is 0 Å². The van der Waals surface area contributed by atoms with E-state index in [9.17, 15) is 4.79 Å². The van der Waals surface area contributed by atoms with Crippen molar-refractivity contribution in [2.75, 3.05) is 0 Å². The van der Waals surface area contributed by atoms with Gasteiger partial charge < -0.3 is 4.57 Å². The SMILES string of the molecule is O=C1c2cc(Cl)ccc2CCC1n1cnc2c[n+](Cc3ccccc3)ccc21. The largest absolute Gasteiger partial charge is 0.319 e. The van der Waals surface area contributed by atoms with Crippen molar-refractivity contribution in [3.8, 4) is 0 Å². The summed E-state index contributed by atoms with van der Waals surface area (Å²) in [5.74, 6) is 0.115. The first kappa shape index (κ1) is 17.1. The maximum absolute atomic E-state index is 13.1. The van der Waals surface area contributed by atoms with Gasteiger partial charge in [0.2, 0.25) is 0 Å². The summed E-state index contributed by atoms with van der Waals surface area (Å²) in [5, 5.41) is 0.602. The van der Waals surface area contributed by atoms with Gasteiger partial charge in [0.1, 0.15) is 0 Å². The highest BCUT2D eigenvalue weighted by Crippen LogP contribution is 2.32. The first-order valence-corrected chi connectivity index (χ1v) is 9.79. The smallest absolute Gasteiger partial charge is 0.197 e. The third-order valence-corrected chi connectivity index (χ3v) is 5.68. The van der Waals surface area contributed by atoms with Crippen molar-refractivity contribution in [1.82, 2.24) is 9.55 Å². The molecule has 0 bridgehead atoms. The van der Waals surface area contributed by atoms with Crippen LogP contribution >= 0.6 is 11.6 Å². The van der Waals surface area contributed by atoms with Crippen LogP contribution < -0.4 is 4.57 Å². The Hall–Kier alpha value is -2.98. The minimum Gasteiger partial charge on any atom is -0.319 e. The van der Waals surface area contributed by atoms with Gasteiger partial charge in [0.25, 0.3) is 0 Å². The molecule has 0 aliphatic heterocycles. The third-order valence-electron chi connectivity index (χ3n) is 5.44. The van der Waals surface area contributed by atoms with Crippen molar-refractivity contribution in [2.45, 2.75) is 25.4 Å². The lowest BCUT2D eigenvalue weighted by Crippen LogP contribution is -2.33. The summed E-state index contributed by atoms with van der Waals surface area (Å²) in [5.41, 5.74) is 4.93. The second-order valence-electron chi connectivity index (χ2n) is 7.25. The number of ketones is 1. The predicted molar refractivity (Wildman–Crippen MR) is 109 cm³/mol. The third kappa shape index (κ3) is 3.00. The van der Waals surface area contributed by atoms with Gasteiger partial charge in [-0.3, -0.25) is 4.79 Å². The summed E-state index contributed by atoms with van der Waals surface area (Å²) in [6.07, 6.45) is 7.51. The molecular weight excluding hydrogens is 370 g/mol. The molecule has 1 aliphatic carbocycles. The van der Waals surface area contributed by atoms with Gasteiger partial charge in [-0.2, -0.15) is 4.57 Å². The first-order valence-electron chi connectivity index (χ1n) is 9.41. The number of fused-ring (bicyclic) bond motifs is 2. The predicted octanol–water partition coefficient (Wildman–Crippen LogP) is 4.40. The quantitative estimate of drug-likeness (QED) is 0.488. The molecule has 28 heavy (non-hydrogen) atoms. The van der Waals surface area contributed by atoms with E-state index in [1.54, 1.807) is 12.4 Å². The van der Waals surface area contributed by atoms with Gasteiger partial charge in [0, 0.05) is 22.2 Å². The van der Waals surface area contributed by atoms with E-state index in [0.717, 1.165) is 41.5 Å². The fraction of sp³-hybridized carbons (Fsp3) is 0.174. The number of aryl methyl sites for hydroxylation is 1. The number of pyridine rings is 1. The number of nitrogens with zero attached hydrogens (tertiary/aromatic N) is 3. The van der Waals surface area contributed by atoms with E-state index in [1.807, 2.05) is 53.4 Å². The number of carbonyl (C=O) groups is 1. The molecule has 5 rings (SSSR count). The fourth-order valence-corrected chi connectivity index (χ4v) is 4.20. The first-order chi connectivity index (χ1) is 13.7. The number of benzene rings is 2. The van der Waals surface area contributed by atoms with Gasteiger partial charge in [-0.25, -0.2) is 4.98 Å². The van der Waals surface area contributed by atoms with E-state index in [2.05, 4.69) is 21.7 Å². The van der Waals surface area contributed by atoms with E-state index in [-0.39, 0.29) is 11.8 Å². The number of halogens is 1. The van der Waals surface area contributed by atoms with Gasteiger partial charge in [0.05, 0.1) is 17.9 Å². The summed E-state index contributed by atoms with van der Waals surface area (Å²) >= 11 is 6.12. The molecule has 0 saturated heterocycles. The van der Waals surface area contributed by atoms with Crippen molar-refractivity contribution in [3.05, 3.63) is 95.0 Å². The molecule has 0 N–H and O–H groups in total. The van der Waals surface area contributed by atoms with Crippen molar-refractivity contribution in [2.24, 2.45) is 0 Å². The molecule has 2 aromatic carbocycles. The number of Topliss-reactive ketones (excluding diaryl/α,β-unsaturated/α-hetero) is 1. The van der Waals surface area contributed by atoms with E-state index in [0.29, 0.717) is 5.02 Å². The van der Waals surface area contributed by atoms with Crippen molar-refractivity contribution >= 4 is 28.4 Å². The zero-order chi connectivity index (χ0) is 19.1. The van der Waals surface area contributed by atoms with Crippen LogP contribution in [0.25, 0.3) is 11.0 Å². The number of rotatable bonds is 3. The van der Waals surface area contributed by atoms with Crippen LogP contribution in [0.5, 0.6) is 0 Å². The molecule has 4 aromatic rings. The van der Waals surface area contributed by atoms with E-state index < -0.39 is 0 Å². The van der Waals surface area contributed by atoms with E-state index in [4.69, 9.17) is 11.6 Å². The van der Waals surface area contributed by atoms with Crippen molar-refractivity contribution in [3.63, 3.8) is 0 Å². The lowest BCUT2D eigenvalue weighted by molar-refractivity contribution is -0.687. The number of imidazole rings is 1. The second kappa shape index (κ2) is 6.88. The van der Waals surface area contributed by atoms with Crippen LogP contribution in [-0.2, 0) is 13.0 Å². The van der Waals surface area contributed by atoms with Gasteiger partial charge in [-0.1, -0.05) is 48.0 Å². The minimum absolute atomic E-state index is 0.115. The highest BCUT2D eigenvalue weighted by atomic mass is 35.5. The highest BCUT2D eigenvalue weighted by molar-refractivity contribution is 6.31. The summed E-state index contributed by atoms with van der Waals surface area (Å²) in [7, 11) is 0. The second-order valence-corrected chi connectivity index (χ2v) is 7.68. The Morgan fingerprint density at radius 2 is 2.00 bits per heavy atom. The Kier molecular flexibility index (Phi) is 4.21. The number of hydrogen-bond donors (Lipinski definition) is 0. The standard InChI is InChI=1S/C23H19ClN3O/c24-18-8-6-17-7-9-22(23(28)19(17)12-18)27-15-25-20-14-26(11-10-21(20)27)13-16-4-2-1-3-5-16/h1-6,8,10-12,14-15,22H,7,9,13H2/q+1. The number of aromatic nitrogens is 3. The molecule has 138 valence electrons. The Balaban J connectivity index is 1.48. The molecule has 1 aliphatic rings. The zero-order valence-electron chi connectivity index (χ0n) is 15.3. The normalized spacial score (nSPS) is 16.3. The molecule has 2 aromatic heterocycles. The molecule has 1 unspecified atom stereocenters. The van der Waals surface area contributed by atoms with Gasteiger partial charge in [-0.05, 0) is 30.5 Å². The zero-order valence-corrected chi connectivity index (χ0v) is 16.0. The molecular formula is C23H19ClN3O+. The topological polar surface area (TPSA) is 38.8 Å². The molecule has 0 spiro atoms. The summed E-state index contributed by atoms with van der Waals surface area (Å²) in [6, 6.07) is 17.7. The summed E-state index contributed by atoms with van der Waals surface area (Å²) in [4.78, 5) is 17.7. The van der Waals surface area contributed by atoms with Crippen molar-refractivity contribution < 1.29 is 9.36 Å². The average Bonchev–Trinajstić information content (AvgIpc) is 3.12. The fourth-order valence-electron chi connectivity index (χ4n) is 4.03. The van der Waals surface area contributed by atoms with Gasteiger partial charge in [-0.15, -0.1) is 0 Å². The minimum atomic E-state index is -0.235. The lowest BCUT2D eigenvalue weighted by Gasteiger charge is -2.25. The average molecular weight is 389 g/mol. The van der Waals surface area contributed by atoms with Crippen molar-refractivity contribution in [1.29, 1.82) is 0 Å². The molecule has 5 heteroatoms. The van der Waals surface area contributed by atoms with Crippen LogP contribution in [0, 0.1) is 0 Å².